The molecule has 0 spiro atoms. The molecule has 0 saturated carbocycles. The largest absolute Gasteiger partial charge is 0.377 e. The van der Waals surface area contributed by atoms with Crippen LogP contribution in [-0.4, -0.2) is 30.9 Å². The van der Waals surface area contributed by atoms with E-state index in [0.29, 0.717) is 19.6 Å². The number of rotatable bonds is 7. The van der Waals surface area contributed by atoms with E-state index in [4.69, 9.17) is 4.74 Å². The van der Waals surface area contributed by atoms with Gasteiger partial charge in [0.2, 0.25) is 5.91 Å². The summed E-state index contributed by atoms with van der Waals surface area (Å²) in [5, 5.41) is 2.68. The van der Waals surface area contributed by atoms with Crippen LogP contribution >= 0.6 is 0 Å². The number of hydrogen-bond donors (Lipinski definition) is 1. The normalized spacial score (nSPS) is 10.3. The molecular formula is C10H19NO3. The number of ether oxygens (including phenoxy) is 1. The molecule has 1 amide bonds. The second-order valence-electron chi connectivity index (χ2n) is 3.47. The van der Waals surface area contributed by atoms with Crippen LogP contribution in [0.3, 0.4) is 0 Å². The van der Waals surface area contributed by atoms with Crippen LogP contribution in [0.25, 0.3) is 0 Å². The van der Waals surface area contributed by atoms with Gasteiger partial charge in [0.05, 0.1) is 12.7 Å². The molecule has 0 aromatic rings. The zero-order valence-corrected chi connectivity index (χ0v) is 9.13. The van der Waals surface area contributed by atoms with Gasteiger partial charge in [-0.1, -0.05) is 0 Å². The predicted octanol–water partition coefficient (Wildman–Crippen LogP) is 0.897. The summed E-state index contributed by atoms with van der Waals surface area (Å²) >= 11 is 0. The first-order valence-electron chi connectivity index (χ1n) is 4.90. The van der Waals surface area contributed by atoms with Crippen molar-refractivity contribution in [1.82, 2.24) is 5.32 Å². The second-order valence-corrected chi connectivity index (χ2v) is 3.47. The summed E-state index contributed by atoms with van der Waals surface area (Å²) in [6, 6.07) is 0. The summed E-state index contributed by atoms with van der Waals surface area (Å²) in [5.74, 6) is -0.0499. The average Bonchev–Trinajstić information content (AvgIpc) is 2.08. The number of nitrogens with one attached hydrogen (secondary N) is 1. The summed E-state index contributed by atoms with van der Waals surface area (Å²) in [5.41, 5.74) is 0. The van der Waals surface area contributed by atoms with Crippen LogP contribution in [-0.2, 0) is 14.3 Å². The molecule has 4 heteroatoms. The van der Waals surface area contributed by atoms with Gasteiger partial charge in [-0.2, -0.15) is 0 Å². The Balaban J connectivity index is 3.31. The predicted molar refractivity (Wildman–Crippen MR) is 54.0 cm³/mol. The van der Waals surface area contributed by atoms with E-state index in [1.807, 2.05) is 13.8 Å². The van der Waals surface area contributed by atoms with Crippen molar-refractivity contribution in [2.75, 3.05) is 13.2 Å². The number of carbonyl (C=O) groups excluding carboxylic acids is 2. The quantitative estimate of drug-likeness (QED) is 0.622. The second kappa shape index (κ2) is 7.50. The first-order chi connectivity index (χ1) is 6.52. The Labute approximate surface area is 85.0 Å². The van der Waals surface area contributed by atoms with Crippen LogP contribution in [0.2, 0.25) is 0 Å². The van der Waals surface area contributed by atoms with Crippen molar-refractivity contribution in [2.24, 2.45) is 0 Å². The summed E-state index contributed by atoms with van der Waals surface area (Å²) in [6.07, 6.45) is 0.776. The van der Waals surface area contributed by atoms with Gasteiger partial charge in [0.15, 0.2) is 0 Å². The van der Waals surface area contributed by atoms with Crippen molar-refractivity contribution in [3.63, 3.8) is 0 Å². The Morgan fingerprint density at radius 1 is 1.29 bits per heavy atom. The Hall–Kier alpha value is -0.900. The van der Waals surface area contributed by atoms with Gasteiger partial charge >= 0.3 is 0 Å². The summed E-state index contributed by atoms with van der Waals surface area (Å²) in [6.45, 7) is 6.39. The van der Waals surface area contributed by atoms with Crippen LogP contribution in [0.5, 0.6) is 0 Å². The number of carbonyl (C=O) groups is 2. The molecule has 0 bridgehead atoms. The van der Waals surface area contributed by atoms with Gasteiger partial charge in [-0.05, 0) is 20.8 Å². The third-order valence-corrected chi connectivity index (χ3v) is 1.58. The molecule has 82 valence electrons. The lowest BCUT2D eigenvalue weighted by Gasteiger charge is -2.08. The molecule has 0 aliphatic carbocycles. The molecule has 0 aliphatic heterocycles. The molecule has 0 aliphatic rings. The fraction of sp³-hybridized carbons (Fsp3) is 0.800. The fourth-order valence-corrected chi connectivity index (χ4v) is 0.863. The molecule has 1 N–H and O–H groups in total. The average molecular weight is 201 g/mol. The van der Waals surface area contributed by atoms with Crippen LogP contribution in [0, 0.1) is 0 Å². The molecule has 0 rings (SSSR count). The minimum absolute atomic E-state index is 0.0404. The maximum absolute atomic E-state index is 11.1. The molecule has 0 radical (unpaired) electrons. The van der Waals surface area contributed by atoms with Gasteiger partial charge in [0, 0.05) is 19.4 Å². The Kier molecular flexibility index (Phi) is 7.02. The van der Waals surface area contributed by atoms with E-state index in [9.17, 15) is 9.59 Å². The highest BCUT2D eigenvalue weighted by molar-refractivity contribution is 5.83. The van der Waals surface area contributed by atoms with Crippen molar-refractivity contribution >= 4 is 11.7 Å². The standard InChI is InChI=1S/C10H19NO3/c1-8(2)14-7-6-11-10(13)5-4-9(3)12/h8H,4-7H2,1-3H3,(H,11,13). The molecule has 0 heterocycles. The number of amides is 1. The van der Waals surface area contributed by atoms with E-state index in [0.717, 1.165) is 0 Å². The number of Topliss-reactive ketones (excluding diaryl/α,β-unsaturated/α-hetero) is 1. The van der Waals surface area contributed by atoms with Crippen molar-refractivity contribution in [2.45, 2.75) is 39.7 Å². The van der Waals surface area contributed by atoms with Crippen molar-refractivity contribution < 1.29 is 14.3 Å². The highest BCUT2D eigenvalue weighted by atomic mass is 16.5. The van der Waals surface area contributed by atoms with Gasteiger partial charge in [-0.15, -0.1) is 0 Å². The van der Waals surface area contributed by atoms with Crippen LogP contribution in [0.1, 0.15) is 33.6 Å². The zero-order chi connectivity index (χ0) is 11.0. The monoisotopic (exact) mass is 201 g/mol. The fourth-order valence-electron chi connectivity index (χ4n) is 0.863. The number of ketones is 1. The zero-order valence-electron chi connectivity index (χ0n) is 9.13. The highest BCUT2D eigenvalue weighted by Gasteiger charge is 2.02. The molecule has 0 saturated heterocycles. The van der Waals surface area contributed by atoms with Crippen LogP contribution in [0.15, 0.2) is 0 Å². The smallest absolute Gasteiger partial charge is 0.220 e. The maximum Gasteiger partial charge on any atom is 0.220 e. The van der Waals surface area contributed by atoms with E-state index in [2.05, 4.69) is 5.32 Å². The van der Waals surface area contributed by atoms with E-state index in [1.165, 1.54) is 6.92 Å². The third-order valence-electron chi connectivity index (χ3n) is 1.58. The Morgan fingerprint density at radius 3 is 2.43 bits per heavy atom. The summed E-state index contributed by atoms with van der Waals surface area (Å²) in [4.78, 5) is 21.6. The van der Waals surface area contributed by atoms with E-state index in [1.54, 1.807) is 0 Å². The molecule has 14 heavy (non-hydrogen) atoms. The Morgan fingerprint density at radius 2 is 1.93 bits per heavy atom. The van der Waals surface area contributed by atoms with Crippen molar-refractivity contribution in [1.29, 1.82) is 0 Å². The molecule has 4 nitrogen and oxygen atoms in total. The lowest BCUT2D eigenvalue weighted by atomic mass is 10.2. The van der Waals surface area contributed by atoms with E-state index >= 15 is 0 Å². The first-order valence-corrected chi connectivity index (χ1v) is 4.90. The molecule has 0 fully saturated rings. The van der Waals surface area contributed by atoms with E-state index < -0.39 is 0 Å². The van der Waals surface area contributed by atoms with Gasteiger partial charge in [-0.25, -0.2) is 0 Å². The molecule has 0 unspecified atom stereocenters. The highest BCUT2D eigenvalue weighted by Crippen LogP contribution is 1.90. The molecular weight excluding hydrogens is 182 g/mol. The van der Waals surface area contributed by atoms with E-state index in [-0.39, 0.29) is 24.2 Å². The lowest BCUT2D eigenvalue weighted by molar-refractivity contribution is -0.124. The first kappa shape index (κ1) is 13.1. The SMILES string of the molecule is CC(=O)CCC(=O)NCCOC(C)C. The topological polar surface area (TPSA) is 55.4 Å². The number of hydrogen-bond acceptors (Lipinski definition) is 3. The summed E-state index contributed by atoms with van der Waals surface area (Å²) < 4.78 is 5.24. The van der Waals surface area contributed by atoms with Gasteiger partial charge in [-0.3, -0.25) is 4.79 Å². The minimum Gasteiger partial charge on any atom is -0.377 e. The third kappa shape index (κ3) is 9.19. The summed E-state index contributed by atoms with van der Waals surface area (Å²) in [7, 11) is 0. The van der Waals surface area contributed by atoms with Crippen LogP contribution in [0.4, 0.5) is 0 Å². The molecule has 0 aromatic carbocycles. The Bertz CT molecular complexity index is 190. The van der Waals surface area contributed by atoms with Gasteiger partial charge in [0.25, 0.3) is 0 Å². The molecule has 0 aromatic heterocycles. The van der Waals surface area contributed by atoms with Crippen LogP contribution < -0.4 is 5.32 Å². The molecule has 0 atom stereocenters. The van der Waals surface area contributed by atoms with Gasteiger partial charge < -0.3 is 14.8 Å². The van der Waals surface area contributed by atoms with Crippen molar-refractivity contribution in [3.8, 4) is 0 Å². The minimum atomic E-state index is -0.0902. The maximum atomic E-state index is 11.1. The lowest BCUT2D eigenvalue weighted by Crippen LogP contribution is -2.28. The van der Waals surface area contributed by atoms with Crippen molar-refractivity contribution in [3.05, 3.63) is 0 Å². The van der Waals surface area contributed by atoms with Gasteiger partial charge in [0.1, 0.15) is 5.78 Å².